The molecule has 122 valence electrons. The lowest BCUT2D eigenvalue weighted by Gasteiger charge is -2.11. The number of nitrogens with zero attached hydrogens (tertiary/aromatic N) is 2. The smallest absolute Gasteiger partial charge is 0.229 e. The number of nitrogens with one attached hydrogen (secondary N) is 2. The number of benzene rings is 2. The Kier molecular flexibility index (Phi) is 4.70. The summed E-state index contributed by atoms with van der Waals surface area (Å²) in [5.74, 6) is 0.731. The van der Waals surface area contributed by atoms with Gasteiger partial charge in [-0.2, -0.15) is 4.98 Å². The van der Waals surface area contributed by atoms with E-state index in [4.69, 9.17) is 0 Å². The lowest BCUT2D eigenvalue weighted by molar-refractivity contribution is 0.631. The topological polar surface area (TPSA) is 49.8 Å². The van der Waals surface area contributed by atoms with Gasteiger partial charge in [0.05, 0.1) is 5.69 Å². The molecule has 4 nitrogen and oxygen atoms in total. The van der Waals surface area contributed by atoms with Crippen LogP contribution in [-0.2, 0) is 6.54 Å². The minimum absolute atomic E-state index is 0.336. The number of aromatic nitrogens is 2. The van der Waals surface area contributed by atoms with Crippen LogP contribution in [0.5, 0.6) is 0 Å². The zero-order valence-corrected chi connectivity index (χ0v) is 13.7. The van der Waals surface area contributed by atoms with E-state index in [2.05, 4.69) is 39.7 Å². The van der Waals surface area contributed by atoms with Gasteiger partial charge in [-0.3, -0.25) is 0 Å². The first kappa shape index (κ1) is 15.9. The molecule has 2 N–H and O–H groups in total. The van der Waals surface area contributed by atoms with Gasteiger partial charge in [-0.1, -0.05) is 36.4 Å². The third kappa shape index (κ3) is 3.87. The molecule has 24 heavy (non-hydrogen) atoms. The summed E-state index contributed by atoms with van der Waals surface area (Å²) in [5, 5.41) is 6.22. The molecule has 0 spiro atoms. The molecule has 1 heterocycles. The molecule has 2 aromatic carbocycles. The molecule has 0 amide bonds. The maximum atomic E-state index is 13.8. The van der Waals surface area contributed by atoms with Crippen LogP contribution >= 0.6 is 0 Å². The summed E-state index contributed by atoms with van der Waals surface area (Å²) in [4.78, 5) is 8.73. The Morgan fingerprint density at radius 3 is 2.50 bits per heavy atom. The fourth-order valence-electron chi connectivity index (χ4n) is 2.39. The van der Waals surface area contributed by atoms with Gasteiger partial charge < -0.3 is 10.6 Å². The molecule has 0 atom stereocenters. The third-order valence-electron chi connectivity index (χ3n) is 3.70. The van der Waals surface area contributed by atoms with E-state index < -0.39 is 0 Å². The maximum absolute atomic E-state index is 13.8. The average molecular weight is 322 g/mol. The van der Waals surface area contributed by atoms with Crippen LogP contribution in [0.2, 0.25) is 0 Å². The molecular weight excluding hydrogens is 303 g/mol. The minimum atomic E-state index is -0.336. The molecule has 0 aliphatic rings. The summed E-state index contributed by atoms with van der Waals surface area (Å²) in [6.45, 7) is 4.63. The summed E-state index contributed by atoms with van der Waals surface area (Å²) < 4.78 is 13.8. The molecule has 0 saturated carbocycles. The van der Waals surface area contributed by atoms with Crippen molar-refractivity contribution >= 4 is 17.5 Å². The molecule has 0 fully saturated rings. The predicted octanol–water partition coefficient (Wildman–Crippen LogP) is 4.59. The number of aryl methyl sites for hydroxylation is 2. The lowest BCUT2D eigenvalue weighted by Crippen LogP contribution is -2.06. The van der Waals surface area contributed by atoms with Gasteiger partial charge >= 0.3 is 0 Å². The number of hydrogen-bond acceptors (Lipinski definition) is 4. The van der Waals surface area contributed by atoms with Crippen molar-refractivity contribution in [3.63, 3.8) is 0 Å². The normalized spacial score (nSPS) is 10.5. The van der Waals surface area contributed by atoms with Crippen molar-refractivity contribution in [2.24, 2.45) is 0 Å². The van der Waals surface area contributed by atoms with Gasteiger partial charge in [0.2, 0.25) is 5.95 Å². The monoisotopic (exact) mass is 322 g/mol. The van der Waals surface area contributed by atoms with E-state index >= 15 is 0 Å². The highest BCUT2D eigenvalue weighted by Gasteiger charge is 2.06. The molecule has 0 unspecified atom stereocenters. The molecule has 0 aliphatic heterocycles. The molecule has 0 saturated heterocycles. The van der Waals surface area contributed by atoms with Crippen LogP contribution in [-0.4, -0.2) is 9.97 Å². The zero-order chi connectivity index (χ0) is 16.9. The Bertz CT molecular complexity index is 848. The first-order valence-corrected chi connectivity index (χ1v) is 7.77. The first-order chi connectivity index (χ1) is 11.6. The Morgan fingerprint density at radius 2 is 1.71 bits per heavy atom. The van der Waals surface area contributed by atoms with Gasteiger partial charge in [-0.05, 0) is 37.1 Å². The van der Waals surface area contributed by atoms with E-state index in [1.807, 2.05) is 25.1 Å². The minimum Gasteiger partial charge on any atom is -0.366 e. The Morgan fingerprint density at radius 1 is 0.958 bits per heavy atom. The van der Waals surface area contributed by atoms with Crippen molar-refractivity contribution in [1.29, 1.82) is 0 Å². The van der Waals surface area contributed by atoms with Crippen LogP contribution in [0.1, 0.15) is 16.8 Å². The number of hydrogen-bond donors (Lipinski definition) is 2. The van der Waals surface area contributed by atoms with E-state index in [9.17, 15) is 4.39 Å². The fraction of sp³-hybridized carbons (Fsp3) is 0.158. The van der Waals surface area contributed by atoms with Crippen molar-refractivity contribution in [2.45, 2.75) is 20.4 Å². The molecule has 0 radical (unpaired) electrons. The van der Waals surface area contributed by atoms with Crippen molar-refractivity contribution in [2.75, 3.05) is 10.6 Å². The molecular formula is C19H19FN4. The van der Waals surface area contributed by atoms with E-state index in [-0.39, 0.29) is 5.82 Å². The molecule has 1 aromatic heterocycles. The van der Waals surface area contributed by atoms with Crippen LogP contribution in [0.4, 0.5) is 21.8 Å². The number of rotatable bonds is 5. The van der Waals surface area contributed by atoms with Gasteiger partial charge in [0.15, 0.2) is 0 Å². The molecule has 0 bridgehead atoms. The SMILES string of the molecule is Cc1cc(NCc2ccccc2C)nc(Nc2ccccc2F)n1. The largest absolute Gasteiger partial charge is 0.366 e. The third-order valence-corrected chi connectivity index (χ3v) is 3.70. The Balaban J connectivity index is 1.77. The van der Waals surface area contributed by atoms with Crippen molar-refractivity contribution in [3.05, 3.63) is 77.2 Å². The highest BCUT2D eigenvalue weighted by atomic mass is 19.1. The van der Waals surface area contributed by atoms with Crippen LogP contribution < -0.4 is 10.6 Å². The van der Waals surface area contributed by atoms with E-state index in [1.165, 1.54) is 17.2 Å². The van der Waals surface area contributed by atoms with Gasteiger partial charge in [0.25, 0.3) is 0 Å². The van der Waals surface area contributed by atoms with Crippen molar-refractivity contribution < 1.29 is 4.39 Å². The second kappa shape index (κ2) is 7.08. The second-order valence-corrected chi connectivity index (χ2v) is 5.60. The summed E-state index contributed by atoms with van der Waals surface area (Å²) in [7, 11) is 0. The number of para-hydroxylation sites is 1. The van der Waals surface area contributed by atoms with Crippen LogP contribution in [0.3, 0.4) is 0 Å². The molecule has 5 heteroatoms. The fourth-order valence-corrected chi connectivity index (χ4v) is 2.39. The number of halogens is 1. The van der Waals surface area contributed by atoms with E-state index in [0.717, 1.165) is 5.69 Å². The summed E-state index contributed by atoms with van der Waals surface area (Å²) in [6.07, 6.45) is 0. The first-order valence-electron chi connectivity index (χ1n) is 7.77. The summed E-state index contributed by atoms with van der Waals surface area (Å²) in [5.41, 5.74) is 3.59. The van der Waals surface area contributed by atoms with Crippen molar-refractivity contribution in [3.8, 4) is 0 Å². The molecule has 0 aliphatic carbocycles. The van der Waals surface area contributed by atoms with Gasteiger partial charge in [0, 0.05) is 18.3 Å². The Labute approximate surface area is 140 Å². The van der Waals surface area contributed by atoms with Gasteiger partial charge in [-0.15, -0.1) is 0 Å². The van der Waals surface area contributed by atoms with Crippen LogP contribution in [0.25, 0.3) is 0 Å². The highest BCUT2D eigenvalue weighted by molar-refractivity contribution is 5.56. The second-order valence-electron chi connectivity index (χ2n) is 5.60. The van der Waals surface area contributed by atoms with Crippen molar-refractivity contribution in [1.82, 2.24) is 9.97 Å². The van der Waals surface area contributed by atoms with E-state index in [1.54, 1.807) is 18.2 Å². The Hall–Kier alpha value is -2.95. The van der Waals surface area contributed by atoms with Gasteiger partial charge in [-0.25, -0.2) is 9.37 Å². The van der Waals surface area contributed by atoms with E-state index in [0.29, 0.717) is 24.0 Å². The molecule has 3 rings (SSSR count). The highest BCUT2D eigenvalue weighted by Crippen LogP contribution is 2.19. The maximum Gasteiger partial charge on any atom is 0.229 e. The number of anilines is 3. The van der Waals surface area contributed by atoms with Crippen LogP contribution in [0.15, 0.2) is 54.6 Å². The predicted molar refractivity (Wildman–Crippen MR) is 95.0 cm³/mol. The zero-order valence-electron chi connectivity index (χ0n) is 13.7. The lowest BCUT2D eigenvalue weighted by atomic mass is 10.1. The summed E-state index contributed by atoms with van der Waals surface area (Å²) in [6, 6.07) is 16.5. The molecule has 3 aromatic rings. The average Bonchev–Trinajstić information content (AvgIpc) is 2.56. The quantitative estimate of drug-likeness (QED) is 0.721. The standard InChI is InChI=1S/C19H19FN4/c1-13-7-3-4-8-15(13)12-21-18-11-14(2)22-19(24-18)23-17-10-6-5-9-16(17)20/h3-11H,12H2,1-2H3,(H2,21,22,23,24). The van der Waals surface area contributed by atoms with Crippen LogP contribution in [0, 0.1) is 19.7 Å². The van der Waals surface area contributed by atoms with Gasteiger partial charge in [0.1, 0.15) is 11.6 Å². The summed E-state index contributed by atoms with van der Waals surface area (Å²) >= 11 is 0.